The number of hydrogen-bond donors (Lipinski definition) is 1. The van der Waals surface area contributed by atoms with Crippen LogP contribution in [0.2, 0.25) is 0 Å². The molecule has 25 heavy (non-hydrogen) atoms. The summed E-state index contributed by atoms with van der Waals surface area (Å²) in [7, 11) is 0. The van der Waals surface area contributed by atoms with Crippen LogP contribution in [0.15, 0.2) is 10.7 Å². The fourth-order valence-corrected chi connectivity index (χ4v) is 4.50. The molecule has 0 bridgehead atoms. The fourth-order valence-electron chi connectivity index (χ4n) is 4.50. The first-order chi connectivity index (χ1) is 12.1. The standard InChI is InChI=1S/C20H29NO4/c1-14-13-25-17(12-18(22)23)19(14)20(24)21-11-5-8-16(21)10-9-15-6-3-2-4-7-15/h13,15-16H,2-12H2,1H3,(H,22,23). The van der Waals surface area contributed by atoms with E-state index in [1.807, 2.05) is 11.8 Å². The van der Waals surface area contributed by atoms with Crippen LogP contribution in [-0.4, -0.2) is 34.5 Å². The summed E-state index contributed by atoms with van der Waals surface area (Å²) in [5.41, 5.74) is 1.20. The smallest absolute Gasteiger partial charge is 0.311 e. The summed E-state index contributed by atoms with van der Waals surface area (Å²) in [4.78, 5) is 26.1. The second-order valence-corrected chi connectivity index (χ2v) is 7.66. The first-order valence-corrected chi connectivity index (χ1v) is 9.66. The van der Waals surface area contributed by atoms with Crippen LogP contribution in [0.5, 0.6) is 0 Å². The molecule has 138 valence electrons. The van der Waals surface area contributed by atoms with Crippen molar-refractivity contribution in [2.75, 3.05) is 6.54 Å². The minimum absolute atomic E-state index is 0.0476. The molecule has 0 spiro atoms. The summed E-state index contributed by atoms with van der Waals surface area (Å²) >= 11 is 0. The van der Waals surface area contributed by atoms with Crippen molar-refractivity contribution in [2.45, 2.75) is 77.2 Å². The number of carboxylic acid groups (broad SMARTS) is 1. The molecule has 1 aliphatic heterocycles. The molecule has 5 heteroatoms. The van der Waals surface area contributed by atoms with Crippen molar-refractivity contribution >= 4 is 11.9 Å². The van der Waals surface area contributed by atoms with Crippen molar-refractivity contribution in [2.24, 2.45) is 5.92 Å². The number of carbonyl (C=O) groups excluding carboxylic acids is 1. The summed E-state index contributed by atoms with van der Waals surface area (Å²) in [5, 5.41) is 9.04. The third-order valence-corrected chi connectivity index (χ3v) is 5.85. The number of furan rings is 1. The van der Waals surface area contributed by atoms with E-state index in [0.717, 1.165) is 37.3 Å². The predicted molar refractivity (Wildman–Crippen MR) is 94.7 cm³/mol. The number of carbonyl (C=O) groups is 2. The van der Waals surface area contributed by atoms with E-state index in [9.17, 15) is 9.59 Å². The molecule has 3 rings (SSSR count). The van der Waals surface area contributed by atoms with E-state index in [1.54, 1.807) is 0 Å². The summed E-state index contributed by atoms with van der Waals surface area (Å²) in [5.74, 6) is 0.0878. The van der Waals surface area contributed by atoms with Gasteiger partial charge >= 0.3 is 5.97 Å². The van der Waals surface area contributed by atoms with Crippen LogP contribution in [0.1, 0.15) is 79.5 Å². The molecule has 1 aliphatic carbocycles. The van der Waals surface area contributed by atoms with Crippen LogP contribution in [-0.2, 0) is 11.2 Å². The summed E-state index contributed by atoms with van der Waals surface area (Å²) in [6, 6.07) is 0.293. The highest BCUT2D eigenvalue weighted by Crippen LogP contribution is 2.32. The molecule has 0 radical (unpaired) electrons. The molecule has 2 fully saturated rings. The molecule has 1 saturated carbocycles. The van der Waals surface area contributed by atoms with Crippen LogP contribution in [0.3, 0.4) is 0 Å². The first kappa shape index (κ1) is 18.0. The largest absolute Gasteiger partial charge is 0.481 e. The van der Waals surface area contributed by atoms with Gasteiger partial charge in [0.1, 0.15) is 12.2 Å². The molecule has 1 unspecified atom stereocenters. The van der Waals surface area contributed by atoms with Gasteiger partial charge in [-0.05, 0) is 38.5 Å². The Bertz CT molecular complexity index is 615. The first-order valence-electron chi connectivity index (χ1n) is 9.66. The van der Waals surface area contributed by atoms with E-state index >= 15 is 0 Å². The zero-order chi connectivity index (χ0) is 17.8. The lowest BCUT2D eigenvalue weighted by Crippen LogP contribution is -2.36. The van der Waals surface area contributed by atoms with E-state index in [-0.39, 0.29) is 18.1 Å². The molecular formula is C20H29NO4. The maximum atomic E-state index is 13.1. The van der Waals surface area contributed by atoms with Crippen LogP contribution >= 0.6 is 0 Å². The highest BCUT2D eigenvalue weighted by Gasteiger charge is 2.33. The molecule has 1 N–H and O–H groups in total. The molecule has 1 aromatic heterocycles. The second-order valence-electron chi connectivity index (χ2n) is 7.66. The van der Waals surface area contributed by atoms with Crippen molar-refractivity contribution in [3.63, 3.8) is 0 Å². The van der Waals surface area contributed by atoms with Gasteiger partial charge in [0.2, 0.25) is 0 Å². The average molecular weight is 347 g/mol. The van der Waals surface area contributed by atoms with Gasteiger partial charge in [-0.3, -0.25) is 9.59 Å². The number of rotatable bonds is 6. The number of likely N-dealkylation sites (tertiary alicyclic amines) is 1. The molecule has 0 aromatic carbocycles. The van der Waals surface area contributed by atoms with E-state index in [0.29, 0.717) is 11.6 Å². The number of carboxylic acids is 1. The zero-order valence-corrected chi connectivity index (χ0v) is 15.1. The Morgan fingerprint density at radius 1 is 1.16 bits per heavy atom. The van der Waals surface area contributed by atoms with Gasteiger partial charge in [0.25, 0.3) is 5.91 Å². The van der Waals surface area contributed by atoms with Gasteiger partial charge in [-0.25, -0.2) is 0 Å². The minimum Gasteiger partial charge on any atom is -0.481 e. The third-order valence-electron chi connectivity index (χ3n) is 5.85. The van der Waals surface area contributed by atoms with Crippen molar-refractivity contribution in [1.29, 1.82) is 0 Å². The Labute approximate surface area is 149 Å². The van der Waals surface area contributed by atoms with Crippen LogP contribution < -0.4 is 0 Å². The number of nitrogens with zero attached hydrogens (tertiary/aromatic N) is 1. The Hall–Kier alpha value is -1.78. The highest BCUT2D eigenvalue weighted by molar-refractivity contribution is 5.97. The molecule has 2 heterocycles. The van der Waals surface area contributed by atoms with Crippen molar-refractivity contribution < 1.29 is 19.1 Å². The molecule has 1 amide bonds. The van der Waals surface area contributed by atoms with Gasteiger partial charge in [-0.1, -0.05) is 32.1 Å². The third kappa shape index (κ3) is 4.25. The molecule has 1 aromatic rings. The van der Waals surface area contributed by atoms with Gasteiger partial charge in [0.05, 0.1) is 11.8 Å². The van der Waals surface area contributed by atoms with Crippen LogP contribution in [0.4, 0.5) is 0 Å². The number of hydrogen-bond acceptors (Lipinski definition) is 3. The number of aryl methyl sites for hydroxylation is 1. The average Bonchev–Trinajstić information content (AvgIpc) is 3.20. The SMILES string of the molecule is Cc1coc(CC(=O)O)c1C(=O)N1CCCC1CCC1CCCCC1. The summed E-state index contributed by atoms with van der Waals surface area (Å²) in [6.07, 6.45) is 12.4. The van der Waals surface area contributed by atoms with Crippen molar-refractivity contribution in [1.82, 2.24) is 4.90 Å². The van der Waals surface area contributed by atoms with Crippen molar-refractivity contribution in [3.8, 4) is 0 Å². The molecule has 1 saturated heterocycles. The zero-order valence-electron chi connectivity index (χ0n) is 15.1. The van der Waals surface area contributed by atoms with Gasteiger partial charge in [-0.2, -0.15) is 0 Å². The summed E-state index contributed by atoms with van der Waals surface area (Å²) in [6.45, 7) is 2.58. The molecule has 1 atom stereocenters. The van der Waals surface area contributed by atoms with E-state index in [2.05, 4.69) is 0 Å². The Kier molecular flexibility index (Phi) is 5.82. The van der Waals surface area contributed by atoms with Crippen LogP contribution in [0, 0.1) is 12.8 Å². The molecule has 5 nitrogen and oxygen atoms in total. The number of amides is 1. The monoisotopic (exact) mass is 347 g/mol. The lowest BCUT2D eigenvalue weighted by molar-refractivity contribution is -0.136. The van der Waals surface area contributed by atoms with Crippen LogP contribution in [0.25, 0.3) is 0 Å². The normalized spacial score (nSPS) is 21.6. The summed E-state index contributed by atoms with van der Waals surface area (Å²) < 4.78 is 5.35. The van der Waals surface area contributed by atoms with Gasteiger partial charge in [-0.15, -0.1) is 0 Å². The van der Waals surface area contributed by atoms with E-state index in [4.69, 9.17) is 9.52 Å². The van der Waals surface area contributed by atoms with Gasteiger partial charge in [0, 0.05) is 18.2 Å². The maximum absolute atomic E-state index is 13.1. The van der Waals surface area contributed by atoms with Crippen molar-refractivity contribution in [3.05, 3.63) is 23.2 Å². The topological polar surface area (TPSA) is 70.7 Å². The van der Waals surface area contributed by atoms with E-state index < -0.39 is 5.97 Å². The number of aliphatic carboxylic acids is 1. The predicted octanol–water partition coefficient (Wildman–Crippen LogP) is 4.18. The Morgan fingerprint density at radius 3 is 2.64 bits per heavy atom. The van der Waals surface area contributed by atoms with Gasteiger partial charge < -0.3 is 14.4 Å². The van der Waals surface area contributed by atoms with Gasteiger partial charge in [0.15, 0.2) is 0 Å². The lowest BCUT2D eigenvalue weighted by Gasteiger charge is -2.28. The Morgan fingerprint density at radius 2 is 1.92 bits per heavy atom. The molecule has 2 aliphatic rings. The second kappa shape index (κ2) is 8.07. The van der Waals surface area contributed by atoms with E-state index in [1.165, 1.54) is 44.8 Å². The quantitative estimate of drug-likeness (QED) is 0.838. The molecular weight excluding hydrogens is 318 g/mol. The highest BCUT2D eigenvalue weighted by atomic mass is 16.4. The minimum atomic E-state index is -0.973. The Balaban J connectivity index is 1.66. The maximum Gasteiger partial charge on any atom is 0.311 e. The lowest BCUT2D eigenvalue weighted by atomic mass is 9.85. The fraction of sp³-hybridized carbons (Fsp3) is 0.700.